The Morgan fingerprint density at radius 2 is 2.13 bits per heavy atom. The fourth-order valence-corrected chi connectivity index (χ4v) is 4.12. The lowest BCUT2D eigenvalue weighted by Gasteiger charge is -2.27. The Balaban J connectivity index is 0.000000339. The van der Waals surface area contributed by atoms with E-state index in [2.05, 4.69) is 30.6 Å². The maximum Gasteiger partial charge on any atom is 0.490 e. The lowest BCUT2D eigenvalue weighted by Crippen LogP contribution is -2.43. The van der Waals surface area contributed by atoms with Crippen LogP contribution in [0.4, 0.5) is 18.3 Å². The van der Waals surface area contributed by atoms with Gasteiger partial charge in [0.05, 0.1) is 31.2 Å². The Kier molecular flexibility index (Phi) is 6.69. The van der Waals surface area contributed by atoms with E-state index in [1.807, 2.05) is 6.92 Å². The number of aromatic nitrogens is 4. The van der Waals surface area contributed by atoms with E-state index in [4.69, 9.17) is 14.6 Å². The highest BCUT2D eigenvalue weighted by molar-refractivity contribution is 7.15. The summed E-state index contributed by atoms with van der Waals surface area (Å²) in [6.45, 7) is 5.62. The molecule has 2 atom stereocenters. The highest BCUT2D eigenvalue weighted by Crippen LogP contribution is 2.43. The van der Waals surface area contributed by atoms with Crippen LogP contribution in [-0.2, 0) is 9.53 Å². The van der Waals surface area contributed by atoms with Crippen molar-refractivity contribution in [3.05, 3.63) is 29.0 Å². The number of ether oxygens (including phenoxy) is 1. The molecule has 2 aliphatic rings. The van der Waals surface area contributed by atoms with Crippen LogP contribution in [-0.4, -0.2) is 76.4 Å². The first-order valence-corrected chi connectivity index (χ1v) is 9.90. The van der Waals surface area contributed by atoms with Crippen LogP contribution in [0.15, 0.2) is 18.5 Å². The van der Waals surface area contributed by atoms with Crippen molar-refractivity contribution in [3.63, 3.8) is 0 Å². The van der Waals surface area contributed by atoms with Crippen LogP contribution in [0.2, 0.25) is 0 Å². The van der Waals surface area contributed by atoms with Gasteiger partial charge in [0.2, 0.25) is 5.13 Å². The second-order valence-corrected chi connectivity index (χ2v) is 8.34. The molecule has 31 heavy (non-hydrogen) atoms. The molecule has 0 saturated carbocycles. The highest BCUT2D eigenvalue weighted by atomic mass is 32.1. The van der Waals surface area contributed by atoms with Gasteiger partial charge in [-0.1, -0.05) is 11.3 Å². The summed E-state index contributed by atoms with van der Waals surface area (Å²) in [6, 6.07) is 1.66. The topological polar surface area (TPSA) is 130 Å². The van der Waals surface area contributed by atoms with Crippen molar-refractivity contribution in [1.82, 2.24) is 25.7 Å². The molecule has 0 unspecified atom stereocenters. The van der Waals surface area contributed by atoms with E-state index < -0.39 is 12.1 Å². The first kappa shape index (κ1) is 22.8. The number of hydrogen-bond acceptors (Lipinski definition) is 9. The second-order valence-electron chi connectivity index (χ2n) is 7.18. The molecule has 0 aromatic carbocycles. The lowest BCUT2D eigenvalue weighted by molar-refractivity contribution is -0.192. The van der Waals surface area contributed by atoms with E-state index in [-0.39, 0.29) is 11.3 Å². The lowest BCUT2D eigenvalue weighted by atomic mass is 9.81. The molecule has 0 spiro atoms. The summed E-state index contributed by atoms with van der Waals surface area (Å²) in [7, 11) is 0. The van der Waals surface area contributed by atoms with Crippen LogP contribution in [0.5, 0.6) is 0 Å². The van der Waals surface area contributed by atoms with E-state index in [9.17, 15) is 18.0 Å². The van der Waals surface area contributed by atoms with Gasteiger partial charge in [0.15, 0.2) is 0 Å². The largest absolute Gasteiger partial charge is 0.490 e. The third-order valence-corrected chi connectivity index (χ3v) is 5.90. The Hall–Kier alpha value is -2.87. The predicted octanol–water partition coefficient (Wildman–Crippen LogP) is 1.15. The maximum absolute atomic E-state index is 12.3. The zero-order valence-electron chi connectivity index (χ0n) is 16.3. The Bertz CT molecular complexity index is 928. The molecule has 1 amide bonds. The van der Waals surface area contributed by atoms with Gasteiger partial charge in [0, 0.05) is 31.0 Å². The Labute approximate surface area is 178 Å². The van der Waals surface area contributed by atoms with Crippen molar-refractivity contribution in [2.45, 2.75) is 13.1 Å². The highest BCUT2D eigenvalue weighted by Gasteiger charge is 2.51. The van der Waals surface area contributed by atoms with Gasteiger partial charge in [0.1, 0.15) is 5.01 Å². The van der Waals surface area contributed by atoms with Gasteiger partial charge in [-0.05, 0) is 13.0 Å². The first-order chi connectivity index (χ1) is 14.6. The quantitative estimate of drug-likeness (QED) is 0.690. The standard InChI is InChI=1S/C15H18N6O2S.C2HF3O2/c1-10-19-20-14(24-10)21-5-12-6-23-9-15(12,8-21)7-16-13(22)11-2-3-17-18-4-11;3-2(4,5)1(6)7/h2-4,12H,5-9H2,1H3,(H,16,22);(H,6,7)/t12-,15+;/m1./s1. The fraction of sp³-hybridized carbons (Fsp3) is 0.529. The summed E-state index contributed by atoms with van der Waals surface area (Å²) >= 11 is 1.60. The van der Waals surface area contributed by atoms with E-state index in [1.54, 1.807) is 17.4 Å². The predicted molar refractivity (Wildman–Crippen MR) is 102 cm³/mol. The average Bonchev–Trinajstić information content (AvgIpc) is 3.40. The van der Waals surface area contributed by atoms with E-state index in [0.29, 0.717) is 24.6 Å². The van der Waals surface area contributed by atoms with E-state index >= 15 is 0 Å². The third kappa shape index (κ3) is 5.44. The molecule has 4 heterocycles. The minimum atomic E-state index is -5.08. The molecule has 14 heteroatoms. The molecule has 168 valence electrons. The number of rotatable bonds is 4. The molecule has 4 rings (SSSR count). The van der Waals surface area contributed by atoms with Crippen molar-refractivity contribution in [2.75, 3.05) is 37.7 Å². The van der Waals surface area contributed by atoms with Gasteiger partial charge in [-0.15, -0.1) is 10.2 Å². The van der Waals surface area contributed by atoms with Crippen LogP contribution in [0.3, 0.4) is 0 Å². The number of aryl methyl sites for hydroxylation is 1. The molecular formula is C17H19F3N6O4S. The molecule has 2 saturated heterocycles. The first-order valence-electron chi connectivity index (χ1n) is 9.08. The SMILES string of the molecule is Cc1nnc(N2C[C@@H]3COC[C@]3(CNC(=O)c3ccnnc3)C2)s1.O=C(O)C(F)(F)F. The molecule has 0 radical (unpaired) electrons. The van der Waals surface area contributed by atoms with Crippen LogP contribution < -0.4 is 10.2 Å². The molecule has 2 aromatic heterocycles. The van der Waals surface area contributed by atoms with Crippen LogP contribution >= 0.6 is 11.3 Å². The minimum absolute atomic E-state index is 0.0737. The second kappa shape index (κ2) is 9.09. The molecule has 0 bridgehead atoms. The summed E-state index contributed by atoms with van der Waals surface area (Å²) in [4.78, 5) is 23.4. The van der Waals surface area contributed by atoms with Crippen molar-refractivity contribution in [1.29, 1.82) is 0 Å². The zero-order valence-corrected chi connectivity index (χ0v) is 17.1. The number of nitrogens with one attached hydrogen (secondary N) is 1. The van der Waals surface area contributed by atoms with Crippen LogP contribution in [0.1, 0.15) is 15.4 Å². The maximum atomic E-state index is 12.3. The molecule has 0 aliphatic carbocycles. The fourth-order valence-electron chi connectivity index (χ4n) is 3.43. The summed E-state index contributed by atoms with van der Waals surface area (Å²) in [5.74, 6) is -2.50. The van der Waals surface area contributed by atoms with Crippen LogP contribution in [0, 0.1) is 18.3 Å². The van der Waals surface area contributed by atoms with Crippen molar-refractivity contribution >= 4 is 28.3 Å². The Morgan fingerprint density at radius 1 is 1.39 bits per heavy atom. The smallest absolute Gasteiger partial charge is 0.475 e. The monoisotopic (exact) mass is 460 g/mol. The number of fused-ring (bicyclic) bond motifs is 1. The number of aliphatic carboxylic acids is 1. The number of carboxylic acids is 1. The number of halogens is 3. The summed E-state index contributed by atoms with van der Waals surface area (Å²) < 4.78 is 37.4. The summed E-state index contributed by atoms with van der Waals surface area (Å²) in [5.41, 5.74) is 0.446. The molecule has 2 aromatic rings. The molecule has 2 N–H and O–H groups in total. The van der Waals surface area contributed by atoms with Crippen LogP contribution in [0.25, 0.3) is 0 Å². The molecule has 2 aliphatic heterocycles. The normalized spacial score (nSPS) is 22.5. The number of carbonyl (C=O) groups excluding carboxylic acids is 1. The molecular weight excluding hydrogens is 441 g/mol. The van der Waals surface area contributed by atoms with Gasteiger partial charge in [-0.2, -0.15) is 23.4 Å². The van der Waals surface area contributed by atoms with Crippen molar-refractivity contribution in [3.8, 4) is 0 Å². The molecule has 2 fully saturated rings. The van der Waals surface area contributed by atoms with Gasteiger partial charge in [0.25, 0.3) is 5.91 Å². The summed E-state index contributed by atoms with van der Waals surface area (Å²) in [6.07, 6.45) is -2.09. The Morgan fingerprint density at radius 3 is 2.71 bits per heavy atom. The summed E-state index contributed by atoms with van der Waals surface area (Å²) in [5, 5.41) is 27.9. The number of alkyl halides is 3. The zero-order chi connectivity index (χ0) is 22.6. The van der Waals surface area contributed by atoms with E-state index in [0.717, 1.165) is 29.8 Å². The molecule has 10 nitrogen and oxygen atoms in total. The third-order valence-electron chi connectivity index (χ3n) is 5.00. The van der Waals surface area contributed by atoms with Crippen molar-refractivity contribution < 1.29 is 32.6 Å². The number of carboxylic acid groups (broad SMARTS) is 1. The van der Waals surface area contributed by atoms with Gasteiger partial charge < -0.3 is 20.1 Å². The number of hydrogen-bond donors (Lipinski definition) is 2. The number of anilines is 1. The van der Waals surface area contributed by atoms with Gasteiger partial charge in [-0.25, -0.2) is 4.79 Å². The van der Waals surface area contributed by atoms with Gasteiger partial charge in [-0.3, -0.25) is 4.79 Å². The van der Waals surface area contributed by atoms with E-state index in [1.165, 1.54) is 12.4 Å². The average molecular weight is 460 g/mol. The number of nitrogens with zero attached hydrogens (tertiary/aromatic N) is 5. The number of carbonyl (C=O) groups is 2. The van der Waals surface area contributed by atoms with Crippen molar-refractivity contribution in [2.24, 2.45) is 11.3 Å². The van der Waals surface area contributed by atoms with Gasteiger partial charge >= 0.3 is 12.1 Å². The minimum Gasteiger partial charge on any atom is -0.475 e. The number of amides is 1.